The van der Waals surface area contributed by atoms with Crippen LogP contribution in [0, 0.1) is 6.92 Å². The normalized spacial score (nSPS) is 13.0. The molecule has 0 bridgehead atoms. The molecule has 100 valence electrons. The summed E-state index contributed by atoms with van der Waals surface area (Å²) in [6.07, 6.45) is 0. The molecule has 19 heavy (non-hydrogen) atoms. The Labute approximate surface area is 119 Å². The van der Waals surface area contributed by atoms with Crippen molar-refractivity contribution in [2.45, 2.75) is 13.5 Å². The van der Waals surface area contributed by atoms with E-state index >= 15 is 0 Å². The summed E-state index contributed by atoms with van der Waals surface area (Å²) in [6, 6.07) is 3.96. The average molecular weight is 324 g/mol. The van der Waals surface area contributed by atoms with Crippen LogP contribution in [0.15, 0.2) is 16.6 Å². The van der Waals surface area contributed by atoms with E-state index < -0.39 is 0 Å². The first-order chi connectivity index (χ1) is 9.20. The topological polar surface area (TPSA) is 59.2 Å². The van der Waals surface area contributed by atoms with Crippen molar-refractivity contribution >= 4 is 15.9 Å². The van der Waals surface area contributed by atoms with Crippen LogP contribution in [0.4, 0.5) is 0 Å². The van der Waals surface area contributed by atoms with Gasteiger partial charge in [-0.15, -0.1) is 0 Å². The molecule has 0 saturated carbocycles. The molecule has 0 spiro atoms. The van der Waals surface area contributed by atoms with Crippen molar-refractivity contribution in [3.8, 4) is 22.8 Å². The molecule has 0 fully saturated rings. The highest BCUT2D eigenvalue weighted by molar-refractivity contribution is 9.10. The first-order valence-corrected chi connectivity index (χ1v) is 6.78. The molecule has 6 heteroatoms. The number of ether oxygens (including phenoxy) is 2. The van der Waals surface area contributed by atoms with E-state index in [4.69, 9.17) is 9.47 Å². The Morgan fingerprint density at radius 2 is 2.11 bits per heavy atom. The summed E-state index contributed by atoms with van der Waals surface area (Å²) in [5.74, 6) is 1.56. The summed E-state index contributed by atoms with van der Waals surface area (Å²) in [4.78, 5) is 0. The Kier molecular flexibility index (Phi) is 3.20. The van der Waals surface area contributed by atoms with E-state index in [9.17, 15) is 0 Å². The molecule has 5 nitrogen and oxygen atoms in total. The lowest BCUT2D eigenvalue weighted by atomic mass is 10.0. The summed E-state index contributed by atoms with van der Waals surface area (Å²) in [5.41, 5.74) is 4.05. The van der Waals surface area contributed by atoms with Gasteiger partial charge in [-0.25, -0.2) is 0 Å². The van der Waals surface area contributed by atoms with Crippen molar-refractivity contribution in [3.63, 3.8) is 0 Å². The molecule has 2 heterocycles. The third-order valence-corrected chi connectivity index (χ3v) is 3.96. The zero-order chi connectivity index (χ0) is 13.4. The fraction of sp³-hybridized carbons (Fsp3) is 0.308. The SMILES string of the molecule is CNCc1[nH]nc(-c2cc3c(cc2C)OCO3)c1Br. The summed E-state index contributed by atoms with van der Waals surface area (Å²) in [5, 5.41) is 10.5. The maximum atomic E-state index is 5.42. The average Bonchev–Trinajstić information content (AvgIpc) is 2.97. The lowest BCUT2D eigenvalue weighted by molar-refractivity contribution is 0.174. The van der Waals surface area contributed by atoms with Gasteiger partial charge < -0.3 is 14.8 Å². The number of aromatic nitrogens is 2. The molecule has 0 amide bonds. The van der Waals surface area contributed by atoms with Crippen LogP contribution in [0.25, 0.3) is 11.3 Å². The molecule has 0 aliphatic carbocycles. The van der Waals surface area contributed by atoms with Crippen LogP contribution >= 0.6 is 15.9 Å². The van der Waals surface area contributed by atoms with Gasteiger partial charge in [-0.05, 0) is 47.6 Å². The number of aryl methyl sites for hydroxylation is 1. The van der Waals surface area contributed by atoms with Crippen LogP contribution in [0.3, 0.4) is 0 Å². The lowest BCUT2D eigenvalue weighted by Crippen LogP contribution is -2.05. The van der Waals surface area contributed by atoms with E-state index in [0.717, 1.165) is 45.0 Å². The van der Waals surface area contributed by atoms with Gasteiger partial charge in [0.2, 0.25) is 6.79 Å². The van der Waals surface area contributed by atoms with Gasteiger partial charge in [0.05, 0.1) is 10.2 Å². The van der Waals surface area contributed by atoms with Gasteiger partial charge in [0.15, 0.2) is 11.5 Å². The van der Waals surface area contributed by atoms with Crippen molar-refractivity contribution in [2.24, 2.45) is 0 Å². The van der Waals surface area contributed by atoms with Gasteiger partial charge in [-0.3, -0.25) is 5.10 Å². The van der Waals surface area contributed by atoms with Crippen LogP contribution in [0.1, 0.15) is 11.3 Å². The molecule has 1 aromatic carbocycles. The number of H-pyrrole nitrogens is 1. The van der Waals surface area contributed by atoms with Gasteiger partial charge in [-0.2, -0.15) is 5.10 Å². The third-order valence-electron chi connectivity index (χ3n) is 3.10. The van der Waals surface area contributed by atoms with Crippen LogP contribution in [0.5, 0.6) is 11.5 Å². The highest BCUT2D eigenvalue weighted by atomic mass is 79.9. The minimum atomic E-state index is 0.283. The van der Waals surface area contributed by atoms with E-state index in [1.165, 1.54) is 0 Å². The van der Waals surface area contributed by atoms with Crippen molar-refractivity contribution in [3.05, 3.63) is 27.9 Å². The van der Waals surface area contributed by atoms with Gasteiger partial charge in [-0.1, -0.05) is 0 Å². The Hall–Kier alpha value is -1.53. The highest BCUT2D eigenvalue weighted by Crippen LogP contribution is 2.40. The van der Waals surface area contributed by atoms with Gasteiger partial charge in [0, 0.05) is 12.1 Å². The number of benzene rings is 1. The molecule has 1 aromatic heterocycles. The summed E-state index contributed by atoms with van der Waals surface area (Å²) in [6.45, 7) is 3.05. The maximum Gasteiger partial charge on any atom is 0.231 e. The maximum absolute atomic E-state index is 5.42. The van der Waals surface area contributed by atoms with Gasteiger partial charge in [0.25, 0.3) is 0 Å². The molecule has 0 saturated heterocycles. The minimum Gasteiger partial charge on any atom is -0.454 e. The Bertz CT molecular complexity index is 625. The molecule has 1 aliphatic rings. The van der Waals surface area contributed by atoms with Gasteiger partial charge >= 0.3 is 0 Å². The molecular weight excluding hydrogens is 310 g/mol. The van der Waals surface area contributed by atoms with Gasteiger partial charge in [0.1, 0.15) is 5.69 Å². The fourth-order valence-electron chi connectivity index (χ4n) is 2.14. The second-order valence-corrected chi connectivity index (χ2v) is 5.21. The van der Waals surface area contributed by atoms with Crippen molar-refractivity contribution in [2.75, 3.05) is 13.8 Å². The quantitative estimate of drug-likeness (QED) is 0.911. The summed E-state index contributed by atoms with van der Waals surface area (Å²) in [7, 11) is 1.90. The number of halogens is 1. The smallest absolute Gasteiger partial charge is 0.231 e. The lowest BCUT2D eigenvalue weighted by Gasteiger charge is -2.06. The molecule has 0 radical (unpaired) electrons. The van der Waals surface area contributed by atoms with Crippen LogP contribution < -0.4 is 14.8 Å². The first-order valence-electron chi connectivity index (χ1n) is 5.98. The molecule has 1 aliphatic heterocycles. The number of fused-ring (bicyclic) bond motifs is 1. The van der Waals surface area contributed by atoms with Crippen molar-refractivity contribution < 1.29 is 9.47 Å². The number of hydrogen-bond donors (Lipinski definition) is 2. The molecular formula is C13H14BrN3O2. The van der Waals surface area contributed by atoms with Crippen molar-refractivity contribution in [1.82, 2.24) is 15.5 Å². The predicted molar refractivity (Wildman–Crippen MR) is 75.3 cm³/mol. The van der Waals surface area contributed by atoms with Crippen molar-refractivity contribution in [1.29, 1.82) is 0 Å². The first kappa shape index (κ1) is 12.5. The van der Waals surface area contributed by atoms with E-state index in [1.54, 1.807) is 0 Å². The molecule has 2 aromatic rings. The Morgan fingerprint density at radius 1 is 1.37 bits per heavy atom. The fourth-order valence-corrected chi connectivity index (χ4v) is 2.67. The van der Waals surface area contributed by atoms with Crippen LogP contribution in [0.2, 0.25) is 0 Å². The van der Waals surface area contributed by atoms with E-state index in [1.807, 2.05) is 26.1 Å². The second-order valence-electron chi connectivity index (χ2n) is 4.42. The monoisotopic (exact) mass is 323 g/mol. The number of aromatic amines is 1. The summed E-state index contributed by atoms with van der Waals surface area (Å²) >= 11 is 3.60. The zero-order valence-electron chi connectivity index (χ0n) is 10.7. The predicted octanol–water partition coefficient (Wildman–Crippen LogP) is 2.60. The third kappa shape index (κ3) is 2.11. The Morgan fingerprint density at radius 3 is 2.84 bits per heavy atom. The van der Waals surface area contributed by atoms with E-state index in [2.05, 4.69) is 31.4 Å². The largest absolute Gasteiger partial charge is 0.454 e. The number of hydrogen-bond acceptors (Lipinski definition) is 4. The second kappa shape index (κ2) is 4.86. The number of nitrogens with zero attached hydrogens (tertiary/aromatic N) is 1. The molecule has 2 N–H and O–H groups in total. The number of nitrogens with one attached hydrogen (secondary N) is 2. The van der Waals surface area contributed by atoms with E-state index in [-0.39, 0.29) is 6.79 Å². The standard InChI is InChI=1S/C13H14BrN3O2/c1-7-3-10-11(19-6-18-10)4-8(7)13-12(14)9(5-15-2)16-17-13/h3-4,15H,5-6H2,1-2H3,(H,16,17). The minimum absolute atomic E-state index is 0.283. The molecule has 0 atom stereocenters. The van der Waals surface area contributed by atoms with E-state index in [0.29, 0.717) is 0 Å². The summed E-state index contributed by atoms with van der Waals surface area (Å²) < 4.78 is 11.8. The number of rotatable bonds is 3. The van der Waals surface area contributed by atoms with Crippen LogP contribution in [-0.2, 0) is 6.54 Å². The Balaban J connectivity index is 2.07. The highest BCUT2D eigenvalue weighted by Gasteiger charge is 2.20. The molecule has 3 rings (SSSR count). The zero-order valence-corrected chi connectivity index (χ0v) is 12.3. The molecule has 0 unspecified atom stereocenters. The van der Waals surface area contributed by atoms with Crippen LogP contribution in [-0.4, -0.2) is 24.0 Å².